The fourth-order valence-corrected chi connectivity index (χ4v) is 2.06. The van der Waals surface area contributed by atoms with Crippen molar-refractivity contribution < 1.29 is 9.84 Å². The first-order valence-electron chi connectivity index (χ1n) is 5.63. The van der Waals surface area contributed by atoms with Crippen molar-refractivity contribution in [2.24, 2.45) is 0 Å². The minimum atomic E-state index is -0.238. The Kier molecular flexibility index (Phi) is 3.43. The third-order valence-corrected chi connectivity index (χ3v) is 2.86. The van der Waals surface area contributed by atoms with E-state index in [1.807, 2.05) is 12.1 Å². The molecule has 1 fully saturated rings. The molecule has 1 saturated carbocycles. The normalized spacial score (nSPS) is 24.8. The van der Waals surface area contributed by atoms with E-state index in [1.54, 1.807) is 12.1 Å². The van der Waals surface area contributed by atoms with Crippen molar-refractivity contribution in [3.8, 4) is 11.8 Å². The zero-order chi connectivity index (χ0) is 11.4. The number of hydrogen-bond acceptors (Lipinski definition) is 3. The molecule has 0 bridgehead atoms. The molecule has 84 valence electrons. The van der Waals surface area contributed by atoms with Crippen molar-refractivity contribution in [1.29, 1.82) is 5.26 Å². The van der Waals surface area contributed by atoms with Gasteiger partial charge in [0.15, 0.2) is 0 Å². The molecule has 0 amide bonds. The molecule has 1 aliphatic carbocycles. The van der Waals surface area contributed by atoms with E-state index >= 15 is 0 Å². The SMILES string of the molecule is N#Cc1cccc(OC2CCCC(O)C2)c1. The van der Waals surface area contributed by atoms with E-state index in [0.717, 1.165) is 25.0 Å². The second-order valence-corrected chi connectivity index (χ2v) is 4.20. The van der Waals surface area contributed by atoms with Gasteiger partial charge in [0.25, 0.3) is 0 Å². The van der Waals surface area contributed by atoms with Gasteiger partial charge in [-0.2, -0.15) is 5.26 Å². The van der Waals surface area contributed by atoms with Crippen LogP contribution < -0.4 is 4.74 Å². The summed E-state index contributed by atoms with van der Waals surface area (Å²) in [6, 6.07) is 9.24. The lowest BCUT2D eigenvalue weighted by Crippen LogP contribution is -2.28. The van der Waals surface area contributed by atoms with Gasteiger partial charge in [0.05, 0.1) is 17.7 Å². The largest absolute Gasteiger partial charge is 0.490 e. The Labute approximate surface area is 95.3 Å². The summed E-state index contributed by atoms with van der Waals surface area (Å²) in [7, 11) is 0. The fourth-order valence-electron chi connectivity index (χ4n) is 2.06. The van der Waals surface area contributed by atoms with Crippen molar-refractivity contribution in [3.63, 3.8) is 0 Å². The maximum Gasteiger partial charge on any atom is 0.121 e. The second kappa shape index (κ2) is 5.00. The Morgan fingerprint density at radius 2 is 2.25 bits per heavy atom. The lowest BCUT2D eigenvalue weighted by atomic mass is 9.95. The van der Waals surface area contributed by atoms with Gasteiger partial charge in [-0.3, -0.25) is 0 Å². The monoisotopic (exact) mass is 217 g/mol. The second-order valence-electron chi connectivity index (χ2n) is 4.20. The standard InChI is InChI=1S/C13H15NO2/c14-9-10-3-1-5-12(7-10)16-13-6-2-4-11(15)8-13/h1,3,5,7,11,13,15H,2,4,6,8H2. The molecule has 2 atom stereocenters. The lowest BCUT2D eigenvalue weighted by Gasteiger charge is -2.26. The highest BCUT2D eigenvalue weighted by Crippen LogP contribution is 2.24. The Hall–Kier alpha value is -1.53. The average Bonchev–Trinajstić information content (AvgIpc) is 2.29. The number of rotatable bonds is 2. The van der Waals surface area contributed by atoms with Gasteiger partial charge in [-0.15, -0.1) is 0 Å². The van der Waals surface area contributed by atoms with Crippen LogP contribution in [-0.2, 0) is 0 Å². The number of aliphatic hydroxyl groups excluding tert-OH is 1. The Bertz CT molecular complexity index is 397. The maximum atomic E-state index is 9.53. The van der Waals surface area contributed by atoms with E-state index in [9.17, 15) is 5.11 Å². The first-order chi connectivity index (χ1) is 7.78. The third kappa shape index (κ3) is 2.74. The molecule has 2 rings (SSSR count). The minimum Gasteiger partial charge on any atom is -0.490 e. The molecule has 1 aromatic carbocycles. The van der Waals surface area contributed by atoms with Gasteiger partial charge in [-0.05, 0) is 37.5 Å². The van der Waals surface area contributed by atoms with Gasteiger partial charge in [0.2, 0.25) is 0 Å². The molecule has 0 heterocycles. The number of nitrogens with zero attached hydrogens (tertiary/aromatic N) is 1. The van der Waals surface area contributed by atoms with Crippen LogP contribution in [0.15, 0.2) is 24.3 Å². The van der Waals surface area contributed by atoms with E-state index in [-0.39, 0.29) is 12.2 Å². The highest BCUT2D eigenvalue weighted by atomic mass is 16.5. The minimum absolute atomic E-state index is 0.0812. The predicted octanol–water partition coefficient (Wildman–Crippen LogP) is 2.24. The molecule has 0 saturated heterocycles. The summed E-state index contributed by atoms with van der Waals surface area (Å²) in [5, 5.41) is 18.3. The highest BCUT2D eigenvalue weighted by molar-refractivity contribution is 5.36. The van der Waals surface area contributed by atoms with Gasteiger partial charge in [-0.25, -0.2) is 0 Å². The van der Waals surface area contributed by atoms with Crippen molar-refractivity contribution in [2.75, 3.05) is 0 Å². The molecule has 1 aromatic rings. The van der Waals surface area contributed by atoms with Gasteiger partial charge in [0, 0.05) is 6.42 Å². The van der Waals surface area contributed by atoms with Crippen LogP contribution >= 0.6 is 0 Å². The molecule has 0 spiro atoms. The molecule has 3 nitrogen and oxygen atoms in total. The summed E-state index contributed by atoms with van der Waals surface area (Å²) in [5.41, 5.74) is 0.605. The molecular formula is C13H15NO2. The Morgan fingerprint density at radius 3 is 3.00 bits per heavy atom. The van der Waals surface area contributed by atoms with Gasteiger partial charge in [-0.1, -0.05) is 6.07 Å². The smallest absolute Gasteiger partial charge is 0.121 e. The number of nitriles is 1. The van der Waals surface area contributed by atoms with E-state index in [1.165, 1.54) is 0 Å². The van der Waals surface area contributed by atoms with Crippen LogP contribution in [0.4, 0.5) is 0 Å². The van der Waals surface area contributed by atoms with Gasteiger partial charge in [0.1, 0.15) is 11.9 Å². The molecule has 0 aromatic heterocycles. The first kappa shape index (κ1) is 11.0. The highest BCUT2D eigenvalue weighted by Gasteiger charge is 2.21. The maximum absolute atomic E-state index is 9.53. The molecule has 0 radical (unpaired) electrons. The van der Waals surface area contributed by atoms with Crippen LogP contribution in [0.25, 0.3) is 0 Å². The van der Waals surface area contributed by atoms with Crippen LogP contribution in [-0.4, -0.2) is 17.3 Å². The predicted molar refractivity (Wildman–Crippen MR) is 60.0 cm³/mol. The number of ether oxygens (including phenoxy) is 1. The van der Waals surface area contributed by atoms with Crippen LogP contribution in [0.3, 0.4) is 0 Å². The quantitative estimate of drug-likeness (QED) is 0.826. The molecular weight excluding hydrogens is 202 g/mol. The van der Waals surface area contributed by atoms with Crippen molar-refractivity contribution in [2.45, 2.75) is 37.9 Å². The zero-order valence-corrected chi connectivity index (χ0v) is 9.10. The summed E-state index contributed by atoms with van der Waals surface area (Å²) >= 11 is 0. The fraction of sp³-hybridized carbons (Fsp3) is 0.462. The zero-order valence-electron chi connectivity index (χ0n) is 9.10. The van der Waals surface area contributed by atoms with Crippen LogP contribution in [0, 0.1) is 11.3 Å². The number of aliphatic hydroxyl groups is 1. The average molecular weight is 217 g/mol. The molecule has 2 unspecified atom stereocenters. The molecule has 1 N–H and O–H groups in total. The van der Waals surface area contributed by atoms with Gasteiger partial charge < -0.3 is 9.84 Å². The summed E-state index contributed by atoms with van der Waals surface area (Å²) in [4.78, 5) is 0. The molecule has 3 heteroatoms. The van der Waals surface area contributed by atoms with E-state index in [4.69, 9.17) is 10.00 Å². The summed E-state index contributed by atoms with van der Waals surface area (Å²) in [5.74, 6) is 0.721. The van der Waals surface area contributed by atoms with Crippen molar-refractivity contribution in [3.05, 3.63) is 29.8 Å². The van der Waals surface area contributed by atoms with Gasteiger partial charge >= 0.3 is 0 Å². The Morgan fingerprint density at radius 1 is 1.38 bits per heavy atom. The third-order valence-electron chi connectivity index (χ3n) is 2.86. The molecule has 16 heavy (non-hydrogen) atoms. The van der Waals surface area contributed by atoms with Crippen LogP contribution in [0.5, 0.6) is 5.75 Å². The summed E-state index contributed by atoms with van der Waals surface area (Å²) < 4.78 is 5.76. The first-order valence-corrected chi connectivity index (χ1v) is 5.63. The number of benzene rings is 1. The number of hydrogen-bond donors (Lipinski definition) is 1. The van der Waals surface area contributed by atoms with E-state index < -0.39 is 0 Å². The van der Waals surface area contributed by atoms with Crippen molar-refractivity contribution in [1.82, 2.24) is 0 Å². The summed E-state index contributed by atoms with van der Waals surface area (Å²) in [6.07, 6.45) is 3.39. The van der Waals surface area contributed by atoms with E-state index in [2.05, 4.69) is 6.07 Å². The van der Waals surface area contributed by atoms with E-state index in [0.29, 0.717) is 12.0 Å². The lowest BCUT2D eigenvalue weighted by molar-refractivity contribution is 0.0536. The van der Waals surface area contributed by atoms with Crippen molar-refractivity contribution >= 4 is 0 Å². The van der Waals surface area contributed by atoms with Crippen LogP contribution in [0.1, 0.15) is 31.2 Å². The summed E-state index contributed by atoms with van der Waals surface area (Å²) in [6.45, 7) is 0. The Balaban J connectivity index is 2.00. The topological polar surface area (TPSA) is 53.2 Å². The molecule has 1 aliphatic rings. The molecule has 0 aliphatic heterocycles. The van der Waals surface area contributed by atoms with Crippen LogP contribution in [0.2, 0.25) is 0 Å².